The highest BCUT2D eigenvalue weighted by molar-refractivity contribution is 8.14. The molecule has 0 fully saturated rings. The van der Waals surface area contributed by atoms with Crippen molar-refractivity contribution in [2.75, 3.05) is 24.9 Å². The van der Waals surface area contributed by atoms with Crippen LogP contribution in [0.3, 0.4) is 0 Å². The number of amides is 1. The van der Waals surface area contributed by atoms with E-state index < -0.39 is 23.7 Å². The van der Waals surface area contributed by atoms with Crippen molar-refractivity contribution in [1.82, 2.24) is 10.3 Å². The van der Waals surface area contributed by atoms with Crippen LogP contribution in [0.2, 0.25) is 0 Å². The maximum absolute atomic E-state index is 13.6. The number of anilines is 1. The molecule has 166 valence electrons. The number of carbonyl (C=O) groups is 2. The van der Waals surface area contributed by atoms with Gasteiger partial charge in [0.1, 0.15) is 0 Å². The quantitative estimate of drug-likeness (QED) is 0.664. The molecule has 2 heterocycles. The molecule has 0 spiro atoms. The van der Waals surface area contributed by atoms with Crippen LogP contribution in [0.5, 0.6) is 11.5 Å². The molecule has 2 aliphatic rings. The number of ether oxygens (including phenoxy) is 2. The molecule has 1 N–H and O–H groups in total. The molecule has 2 aliphatic heterocycles. The van der Waals surface area contributed by atoms with Crippen LogP contribution >= 0.6 is 11.8 Å². The molecule has 0 radical (unpaired) electrons. The Labute approximate surface area is 186 Å². The van der Waals surface area contributed by atoms with Gasteiger partial charge in [-0.05, 0) is 30.3 Å². The van der Waals surface area contributed by atoms with E-state index in [1.54, 1.807) is 29.3 Å². The van der Waals surface area contributed by atoms with Gasteiger partial charge < -0.3 is 9.47 Å². The molecular formula is C21H18F2N4O4S. The molecule has 1 atom stereocenters. The number of nitrogens with zero attached hydrogens (tertiary/aromatic N) is 3. The first kappa shape index (κ1) is 21.6. The minimum absolute atomic E-state index is 0.0775. The lowest BCUT2D eigenvalue weighted by Gasteiger charge is -2.31. The number of hydrazone groups is 1. The van der Waals surface area contributed by atoms with E-state index in [1.165, 1.54) is 31.4 Å². The van der Waals surface area contributed by atoms with Crippen LogP contribution in [-0.2, 0) is 4.79 Å². The van der Waals surface area contributed by atoms with Crippen molar-refractivity contribution in [2.24, 2.45) is 5.10 Å². The molecule has 2 aromatic rings. The van der Waals surface area contributed by atoms with Crippen molar-refractivity contribution >= 4 is 34.3 Å². The Morgan fingerprint density at radius 1 is 1.09 bits per heavy atom. The summed E-state index contributed by atoms with van der Waals surface area (Å²) in [5.41, 5.74) is 3.36. The highest BCUT2D eigenvalue weighted by Crippen LogP contribution is 2.29. The number of rotatable bonds is 6. The summed E-state index contributed by atoms with van der Waals surface area (Å²) >= 11 is 1.16. The summed E-state index contributed by atoms with van der Waals surface area (Å²) in [7, 11) is 3.00. The predicted octanol–water partition coefficient (Wildman–Crippen LogP) is 2.92. The van der Waals surface area contributed by atoms with E-state index >= 15 is 0 Å². The summed E-state index contributed by atoms with van der Waals surface area (Å²) in [5, 5.41) is 4.57. The summed E-state index contributed by atoms with van der Waals surface area (Å²) in [6.07, 6.45) is 2.16. The highest BCUT2D eigenvalue weighted by Gasteiger charge is 2.38. The smallest absolute Gasteiger partial charge is 0.276 e. The fourth-order valence-corrected chi connectivity index (χ4v) is 4.05. The average Bonchev–Trinajstić information content (AvgIpc) is 3.23. The van der Waals surface area contributed by atoms with E-state index in [2.05, 4.69) is 10.5 Å². The van der Waals surface area contributed by atoms with Crippen LogP contribution in [0.1, 0.15) is 10.4 Å². The molecule has 0 aromatic heterocycles. The SMILES string of the molecule is COc1ccc(C(=O)CSC2=NNC3C(=O)N(c4ccc(F)c(F)c4)C=CN23)cc1OC. The number of methoxy groups -OCH3 is 2. The first-order valence-electron chi connectivity index (χ1n) is 9.39. The number of hydrogen-bond donors (Lipinski definition) is 1. The highest BCUT2D eigenvalue weighted by atomic mass is 32.2. The number of hydrogen-bond acceptors (Lipinski definition) is 8. The van der Waals surface area contributed by atoms with Gasteiger partial charge in [-0.1, -0.05) is 11.8 Å². The molecule has 8 nitrogen and oxygen atoms in total. The summed E-state index contributed by atoms with van der Waals surface area (Å²) < 4.78 is 37.2. The molecule has 0 aliphatic carbocycles. The van der Waals surface area contributed by atoms with Gasteiger partial charge in [0.2, 0.25) is 6.17 Å². The Kier molecular flexibility index (Phi) is 5.99. The van der Waals surface area contributed by atoms with Crippen molar-refractivity contribution in [3.05, 3.63) is 66.0 Å². The lowest BCUT2D eigenvalue weighted by molar-refractivity contribution is -0.122. The fraction of sp³-hybridized carbons (Fsp3) is 0.190. The molecule has 32 heavy (non-hydrogen) atoms. The minimum atomic E-state index is -1.05. The van der Waals surface area contributed by atoms with Crippen molar-refractivity contribution < 1.29 is 27.8 Å². The number of Topliss-reactive ketones (excluding diaryl/α,β-unsaturated/α-hetero) is 1. The third-order valence-corrected chi connectivity index (χ3v) is 5.82. The minimum Gasteiger partial charge on any atom is -0.493 e. The fourth-order valence-electron chi connectivity index (χ4n) is 3.19. The van der Waals surface area contributed by atoms with Gasteiger partial charge in [-0.2, -0.15) is 5.10 Å². The zero-order valence-electron chi connectivity index (χ0n) is 17.0. The molecular weight excluding hydrogens is 442 g/mol. The van der Waals surface area contributed by atoms with Crippen molar-refractivity contribution in [3.63, 3.8) is 0 Å². The Morgan fingerprint density at radius 2 is 1.88 bits per heavy atom. The standard InChI is InChI=1S/C21H18F2N4O4S/c1-30-17-6-3-12(9-18(17)31-2)16(28)11-32-21-25-24-19-20(29)26(7-8-27(19)21)13-4-5-14(22)15(23)10-13/h3-10,19,24H,11H2,1-2H3. The third kappa shape index (κ3) is 3.98. The van der Waals surface area contributed by atoms with Crippen molar-refractivity contribution in [1.29, 1.82) is 0 Å². The second-order valence-electron chi connectivity index (χ2n) is 6.72. The van der Waals surface area contributed by atoms with Crippen molar-refractivity contribution in [2.45, 2.75) is 6.17 Å². The van der Waals surface area contributed by atoms with Gasteiger partial charge >= 0.3 is 0 Å². The first-order valence-corrected chi connectivity index (χ1v) is 10.4. The number of thioether (sulfide) groups is 1. The van der Waals surface area contributed by atoms with E-state index in [0.29, 0.717) is 22.2 Å². The summed E-state index contributed by atoms with van der Waals surface area (Å²) in [6.45, 7) is 0. The van der Waals surface area contributed by atoms with Crippen LogP contribution in [-0.4, -0.2) is 47.9 Å². The molecule has 2 aromatic carbocycles. The average molecular weight is 460 g/mol. The van der Waals surface area contributed by atoms with E-state index in [1.807, 2.05) is 0 Å². The second-order valence-corrected chi connectivity index (χ2v) is 7.66. The van der Waals surface area contributed by atoms with Gasteiger partial charge in [0.05, 0.1) is 25.7 Å². The van der Waals surface area contributed by atoms with Gasteiger partial charge in [-0.3, -0.25) is 24.8 Å². The second kappa shape index (κ2) is 8.87. The zero-order valence-corrected chi connectivity index (χ0v) is 17.9. The number of halogens is 2. The Bertz CT molecular complexity index is 1140. The van der Waals surface area contributed by atoms with Gasteiger partial charge in [0, 0.05) is 24.0 Å². The van der Waals surface area contributed by atoms with Gasteiger partial charge in [0.15, 0.2) is 34.1 Å². The molecule has 1 unspecified atom stereocenters. The molecule has 11 heteroatoms. The largest absolute Gasteiger partial charge is 0.493 e. The van der Waals surface area contributed by atoms with Crippen molar-refractivity contribution in [3.8, 4) is 11.5 Å². The number of fused-ring (bicyclic) bond motifs is 1. The van der Waals surface area contributed by atoms with Crippen LogP contribution in [0, 0.1) is 11.6 Å². The maximum atomic E-state index is 13.6. The first-order chi connectivity index (χ1) is 15.4. The van der Waals surface area contributed by atoms with Crippen LogP contribution < -0.4 is 19.8 Å². The van der Waals surface area contributed by atoms with E-state index in [4.69, 9.17) is 9.47 Å². The molecule has 0 saturated carbocycles. The van der Waals surface area contributed by atoms with Crippen LogP contribution in [0.4, 0.5) is 14.5 Å². The lowest BCUT2D eigenvalue weighted by Crippen LogP contribution is -2.52. The van der Waals surface area contributed by atoms with Crippen LogP contribution in [0.15, 0.2) is 53.9 Å². The summed E-state index contributed by atoms with van der Waals surface area (Å²) in [4.78, 5) is 28.2. The van der Waals surface area contributed by atoms with Gasteiger partial charge in [-0.25, -0.2) is 8.78 Å². The van der Waals surface area contributed by atoms with E-state index in [9.17, 15) is 18.4 Å². The number of ketones is 1. The van der Waals surface area contributed by atoms with Gasteiger partial charge in [0.25, 0.3) is 5.91 Å². The zero-order chi connectivity index (χ0) is 22.8. The molecule has 0 bridgehead atoms. The normalized spacial score (nSPS) is 17.1. The van der Waals surface area contributed by atoms with E-state index in [0.717, 1.165) is 23.9 Å². The number of carbonyl (C=O) groups excluding carboxylic acids is 2. The van der Waals surface area contributed by atoms with E-state index in [-0.39, 0.29) is 17.2 Å². The number of nitrogens with one attached hydrogen (secondary N) is 1. The third-order valence-electron chi connectivity index (χ3n) is 4.85. The maximum Gasteiger partial charge on any atom is 0.276 e. The number of amidine groups is 1. The predicted molar refractivity (Wildman–Crippen MR) is 116 cm³/mol. The Balaban J connectivity index is 1.43. The van der Waals surface area contributed by atoms with Crippen LogP contribution in [0.25, 0.3) is 0 Å². The summed E-state index contributed by atoms with van der Waals surface area (Å²) in [6, 6.07) is 8.11. The molecule has 4 rings (SSSR count). The summed E-state index contributed by atoms with van der Waals surface area (Å²) in [5.74, 6) is -1.58. The topological polar surface area (TPSA) is 83.5 Å². The monoisotopic (exact) mass is 460 g/mol. The van der Waals surface area contributed by atoms with Gasteiger partial charge in [-0.15, -0.1) is 0 Å². The lowest BCUT2D eigenvalue weighted by atomic mass is 10.1. The molecule has 0 saturated heterocycles. The Hall–Kier alpha value is -3.60. The number of benzene rings is 2. The molecule has 1 amide bonds. The Morgan fingerprint density at radius 3 is 2.59 bits per heavy atom.